The lowest BCUT2D eigenvalue weighted by molar-refractivity contribution is -0.384. The van der Waals surface area contributed by atoms with Crippen molar-refractivity contribution in [3.05, 3.63) is 63.1 Å². The van der Waals surface area contributed by atoms with E-state index in [-0.39, 0.29) is 12.3 Å². The van der Waals surface area contributed by atoms with Crippen LogP contribution in [0, 0.1) is 10.1 Å². The van der Waals surface area contributed by atoms with Crippen molar-refractivity contribution >= 4 is 17.3 Å². The summed E-state index contributed by atoms with van der Waals surface area (Å²) < 4.78 is 10.5. The standard InChI is InChI=1S/C12H10ClNO4/c13-12-4-3-10(14(15)16)6-9(12)7-17-8-11-2-1-5-18-11/h1-6H,7-8H2. The molecule has 5 nitrogen and oxygen atoms in total. The van der Waals surface area contributed by atoms with Crippen LogP contribution < -0.4 is 0 Å². The second-order valence-corrected chi connectivity index (χ2v) is 4.01. The van der Waals surface area contributed by atoms with Crippen LogP contribution in [-0.2, 0) is 18.0 Å². The second-order valence-electron chi connectivity index (χ2n) is 3.60. The van der Waals surface area contributed by atoms with Crippen molar-refractivity contribution in [2.45, 2.75) is 13.2 Å². The van der Waals surface area contributed by atoms with Gasteiger partial charge in [-0.2, -0.15) is 0 Å². The number of benzene rings is 1. The Kier molecular flexibility index (Phi) is 3.96. The van der Waals surface area contributed by atoms with Gasteiger partial charge in [0.15, 0.2) is 0 Å². The summed E-state index contributed by atoms with van der Waals surface area (Å²) in [6.45, 7) is 0.493. The van der Waals surface area contributed by atoms with E-state index in [1.54, 1.807) is 18.4 Å². The summed E-state index contributed by atoms with van der Waals surface area (Å²) in [5, 5.41) is 11.1. The second kappa shape index (κ2) is 5.66. The van der Waals surface area contributed by atoms with Crippen LogP contribution in [0.5, 0.6) is 0 Å². The van der Waals surface area contributed by atoms with E-state index in [0.717, 1.165) is 0 Å². The van der Waals surface area contributed by atoms with Gasteiger partial charge in [-0.05, 0) is 18.2 Å². The van der Waals surface area contributed by atoms with Crippen molar-refractivity contribution in [3.63, 3.8) is 0 Å². The molecular formula is C12H10ClNO4. The van der Waals surface area contributed by atoms with Gasteiger partial charge in [-0.25, -0.2) is 0 Å². The van der Waals surface area contributed by atoms with Crippen LogP contribution in [0.15, 0.2) is 41.0 Å². The third-order valence-electron chi connectivity index (χ3n) is 2.32. The van der Waals surface area contributed by atoms with Crippen LogP contribution in [-0.4, -0.2) is 4.92 Å². The van der Waals surface area contributed by atoms with E-state index in [0.29, 0.717) is 23.0 Å². The highest BCUT2D eigenvalue weighted by molar-refractivity contribution is 6.31. The van der Waals surface area contributed by atoms with Gasteiger partial charge < -0.3 is 9.15 Å². The van der Waals surface area contributed by atoms with Gasteiger partial charge >= 0.3 is 0 Å². The van der Waals surface area contributed by atoms with Crippen molar-refractivity contribution in [2.75, 3.05) is 0 Å². The maximum atomic E-state index is 10.6. The maximum absolute atomic E-state index is 10.6. The Balaban J connectivity index is 2.00. The normalized spacial score (nSPS) is 10.5. The topological polar surface area (TPSA) is 65.5 Å². The van der Waals surface area contributed by atoms with Crippen LogP contribution in [0.1, 0.15) is 11.3 Å². The first kappa shape index (κ1) is 12.6. The Morgan fingerprint density at radius 2 is 2.17 bits per heavy atom. The Labute approximate surface area is 108 Å². The number of furan rings is 1. The molecule has 0 saturated heterocycles. The number of nitro groups is 1. The molecule has 0 aliphatic carbocycles. The highest BCUT2D eigenvalue weighted by atomic mass is 35.5. The van der Waals surface area contributed by atoms with Crippen LogP contribution >= 0.6 is 11.6 Å². The highest BCUT2D eigenvalue weighted by Gasteiger charge is 2.09. The molecule has 0 radical (unpaired) electrons. The van der Waals surface area contributed by atoms with Gasteiger partial charge in [-0.15, -0.1) is 0 Å². The Bertz CT molecular complexity index is 539. The molecule has 94 valence electrons. The molecule has 1 heterocycles. The molecule has 0 spiro atoms. The average molecular weight is 268 g/mol. The molecule has 0 fully saturated rings. The van der Waals surface area contributed by atoms with Gasteiger partial charge in [-0.1, -0.05) is 11.6 Å². The van der Waals surface area contributed by atoms with E-state index in [1.807, 2.05) is 0 Å². The maximum Gasteiger partial charge on any atom is 0.269 e. The molecule has 0 unspecified atom stereocenters. The molecule has 18 heavy (non-hydrogen) atoms. The van der Waals surface area contributed by atoms with Crippen molar-refractivity contribution in [1.29, 1.82) is 0 Å². The molecule has 6 heteroatoms. The van der Waals surface area contributed by atoms with Crippen molar-refractivity contribution < 1.29 is 14.1 Å². The van der Waals surface area contributed by atoms with Crippen molar-refractivity contribution in [1.82, 2.24) is 0 Å². The quantitative estimate of drug-likeness (QED) is 0.614. The Morgan fingerprint density at radius 3 is 2.83 bits per heavy atom. The zero-order valence-electron chi connectivity index (χ0n) is 9.34. The van der Waals surface area contributed by atoms with Crippen LogP contribution in [0.3, 0.4) is 0 Å². The SMILES string of the molecule is O=[N+]([O-])c1ccc(Cl)c(COCc2ccco2)c1. The van der Waals surface area contributed by atoms with E-state index in [1.165, 1.54) is 18.2 Å². The van der Waals surface area contributed by atoms with Crippen LogP contribution in [0.4, 0.5) is 5.69 Å². The van der Waals surface area contributed by atoms with Gasteiger partial charge in [0.2, 0.25) is 0 Å². The molecule has 0 bridgehead atoms. The minimum atomic E-state index is -0.466. The largest absolute Gasteiger partial charge is 0.467 e. The number of non-ortho nitro benzene ring substituents is 1. The van der Waals surface area contributed by atoms with Crippen molar-refractivity contribution in [2.24, 2.45) is 0 Å². The number of nitrogens with zero attached hydrogens (tertiary/aromatic N) is 1. The molecule has 0 aliphatic rings. The molecule has 1 aromatic heterocycles. The van der Waals surface area contributed by atoms with E-state index in [9.17, 15) is 10.1 Å². The molecule has 0 aliphatic heterocycles. The summed E-state index contributed by atoms with van der Waals surface area (Å²) in [6.07, 6.45) is 1.55. The fourth-order valence-corrected chi connectivity index (χ4v) is 1.61. The summed E-state index contributed by atoms with van der Waals surface area (Å²) in [4.78, 5) is 10.2. The lowest BCUT2D eigenvalue weighted by Crippen LogP contribution is -1.96. The smallest absolute Gasteiger partial charge is 0.269 e. The predicted octanol–water partition coefficient (Wildman–Crippen LogP) is 3.56. The molecule has 0 saturated carbocycles. The monoisotopic (exact) mass is 267 g/mol. The molecule has 2 rings (SSSR count). The number of hydrogen-bond acceptors (Lipinski definition) is 4. The summed E-state index contributed by atoms with van der Waals surface area (Å²) >= 11 is 5.94. The molecule has 1 aromatic carbocycles. The van der Waals surface area contributed by atoms with E-state index >= 15 is 0 Å². The first-order chi connectivity index (χ1) is 8.66. The molecule has 0 atom stereocenters. The Morgan fingerprint density at radius 1 is 1.33 bits per heavy atom. The fourth-order valence-electron chi connectivity index (χ4n) is 1.44. The Hall–Kier alpha value is -1.85. The van der Waals surface area contributed by atoms with E-state index in [4.69, 9.17) is 20.8 Å². The minimum Gasteiger partial charge on any atom is -0.467 e. The zero-order chi connectivity index (χ0) is 13.0. The summed E-state index contributed by atoms with van der Waals surface area (Å²) in [5.41, 5.74) is 0.577. The number of ether oxygens (including phenoxy) is 1. The van der Waals surface area contributed by atoms with Gasteiger partial charge in [-0.3, -0.25) is 10.1 Å². The zero-order valence-corrected chi connectivity index (χ0v) is 10.1. The molecule has 2 aromatic rings. The molecule has 0 N–H and O–H groups in total. The van der Waals surface area contributed by atoms with Gasteiger partial charge in [0.25, 0.3) is 5.69 Å². The summed E-state index contributed by atoms with van der Waals surface area (Å²) in [5.74, 6) is 0.691. The lowest BCUT2D eigenvalue weighted by Gasteiger charge is -2.04. The van der Waals surface area contributed by atoms with E-state index in [2.05, 4.69) is 0 Å². The molecular weight excluding hydrogens is 258 g/mol. The van der Waals surface area contributed by atoms with E-state index < -0.39 is 4.92 Å². The predicted molar refractivity (Wildman–Crippen MR) is 65.3 cm³/mol. The third kappa shape index (κ3) is 3.09. The number of hydrogen-bond donors (Lipinski definition) is 0. The average Bonchev–Trinajstić information content (AvgIpc) is 2.84. The summed E-state index contributed by atoms with van der Waals surface area (Å²) in [6, 6.07) is 7.81. The number of halogens is 1. The third-order valence-corrected chi connectivity index (χ3v) is 2.69. The minimum absolute atomic E-state index is 0.00370. The number of nitro benzene ring substituents is 1. The van der Waals surface area contributed by atoms with Crippen molar-refractivity contribution in [3.8, 4) is 0 Å². The lowest BCUT2D eigenvalue weighted by atomic mass is 10.2. The summed E-state index contributed by atoms with van der Waals surface area (Å²) in [7, 11) is 0. The van der Waals surface area contributed by atoms with Gasteiger partial charge in [0.1, 0.15) is 12.4 Å². The van der Waals surface area contributed by atoms with Crippen LogP contribution in [0.2, 0.25) is 5.02 Å². The highest BCUT2D eigenvalue weighted by Crippen LogP contribution is 2.23. The fraction of sp³-hybridized carbons (Fsp3) is 0.167. The first-order valence-electron chi connectivity index (χ1n) is 5.20. The van der Waals surface area contributed by atoms with Crippen LogP contribution in [0.25, 0.3) is 0 Å². The number of rotatable bonds is 5. The van der Waals surface area contributed by atoms with Gasteiger partial charge in [0, 0.05) is 22.7 Å². The van der Waals surface area contributed by atoms with Gasteiger partial charge in [0.05, 0.1) is 17.8 Å². The first-order valence-corrected chi connectivity index (χ1v) is 5.57. The molecule has 0 amide bonds.